The number of carbonyl (C=O) groups is 1. The summed E-state index contributed by atoms with van der Waals surface area (Å²) in [6, 6.07) is 0.538. The minimum absolute atomic E-state index is 0.194. The van der Waals surface area contributed by atoms with Crippen LogP contribution in [0, 0.1) is 0 Å². The monoisotopic (exact) mass is 284 g/mol. The quantitative estimate of drug-likeness (QED) is 0.687. The van der Waals surface area contributed by atoms with Crippen molar-refractivity contribution in [1.82, 2.24) is 15.1 Å². The number of nitrogens with two attached hydrogens (primary N) is 1. The van der Waals surface area contributed by atoms with Crippen LogP contribution in [0.15, 0.2) is 0 Å². The van der Waals surface area contributed by atoms with E-state index in [-0.39, 0.29) is 5.91 Å². The van der Waals surface area contributed by atoms with Crippen molar-refractivity contribution < 1.29 is 4.79 Å². The Balaban J connectivity index is 2.51. The van der Waals surface area contributed by atoms with E-state index in [1.807, 2.05) is 0 Å². The molecule has 118 valence electrons. The van der Waals surface area contributed by atoms with Gasteiger partial charge in [-0.25, -0.2) is 0 Å². The lowest BCUT2D eigenvalue weighted by Crippen LogP contribution is -2.62. The van der Waals surface area contributed by atoms with Crippen molar-refractivity contribution in [2.45, 2.75) is 52.1 Å². The Morgan fingerprint density at radius 2 is 1.85 bits per heavy atom. The molecule has 0 aliphatic carbocycles. The van der Waals surface area contributed by atoms with Crippen molar-refractivity contribution >= 4 is 5.91 Å². The van der Waals surface area contributed by atoms with Gasteiger partial charge in [-0.05, 0) is 39.8 Å². The molecule has 1 aliphatic heterocycles. The summed E-state index contributed by atoms with van der Waals surface area (Å²) in [5.41, 5.74) is 5.17. The molecule has 0 aromatic heterocycles. The molecule has 1 rings (SSSR count). The van der Waals surface area contributed by atoms with Crippen LogP contribution >= 0.6 is 0 Å². The zero-order valence-electron chi connectivity index (χ0n) is 13.6. The average molecular weight is 284 g/mol. The summed E-state index contributed by atoms with van der Waals surface area (Å²) in [6.45, 7) is 14.5. The van der Waals surface area contributed by atoms with Gasteiger partial charge < -0.3 is 20.9 Å². The van der Waals surface area contributed by atoms with Gasteiger partial charge in [0.05, 0.1) is 0 Å². The number of hydrogen-bond donors (Lipinski definition) is 2. The number of rotatable bonds is 8. The van der Waals surface area contributed by atoms with Crippen LogP contribution in [0.25, 0.3) is 0 Å². The second kappa shape index (κ2) is 7.96. The van der Waals surface area contributed by atoms with Crippen LogP contribution < -0.4 is 11.1 Å². The number of carbonyl (C=O) groups excluding carboxylic acids is 1. The number of piperidine rings is 1. The fourth-order valence-corrected chi connectivity index (χ4v) is 2.93. The highest BCUT2D eigenvalue weighted by Gasteiger charge is 2.39. The second-order valence-electron chi connectivity index (χ2n) is 6.03. The van der Waals surface area contributed by atoms with Crippen molar-refractivity contribution in [1.29, 1.82) is 0 Å². The largest absolute Gasteiger partial charge is 0.368 e. The van der Waals surface area contributed by atoms with E-state index in [0.717, 1.165) is 52.1 Å². The Labute approximate surface area is 123 Å². The highest BCUT2D eigenvalue weighted by molar-refractivity contribution is 5.84. The maximum atomic E-state index is 11.9. The van der Waals surface area contributed by atoms with Gasteiger partial charge in [0.1, 0.15) is 5.54 Å². The van der Waals surface area contributed by atoms with Crippen LogP contribution in [0.1, 0.15) is 40.5 Å². The number of nitrogens with zero attached hydrogens (tertiary/aromatic N) is 2. The third-order valence-corrected chi connectivity index (χ3v) is 4.64. The van der Waals surface area contributed by atoms with Crippen molar-refractivity contribution in [3.8, 4) is 0 Å². The minimum Gasteiger partial charge on any atom is -0.368 e. The van der Waals surface area contributed by atoms with Gasteiger partial charge in [-0.15, -0.1) is 0 Å². The smallest absolute Gasteiger partial charge is 0.237 e. The molecular weight excluding hydrogens is 252 g/mol. The SMILES string of the molecule is CCN(CC)CCNC1(C(N)=O)CCN(C(C)C)CC1. The first-order valence-electron chi connectivity index (χ1n) is 7.96. The van der Waals surface area contributed by atoms with E-state index in [1.54, 1.807) is 0 Å². The average Bonchev–Trinajstić information content (AvgIpc) is 2.44. The van der Waals surface area contributed by atoms with E-state index in [9.17, 15) is 4.79 Å². The zero-order valence-corrected chi connectivity index (χ0v) is 13.6. The second-order valence-corrected chi connectivity index (χ2v) is 6.03. The molecule has 1 amide bonds. The Hall–Kier alpha value is -0.650. The van der Waals surface area contributed by atoms with Gasteiger partial charge in [0.25, 0.3) is 0 Å². The number of likely N-dealkylation sites (N-methyl/N-ethyl adjacent to an activating group) is 1. The predicted molar refractivity (Wildman–Crippen MR) is 83.7 cm³/mol. The van der Waals surface area contributed by atoms with E-state index >= 15 is 0 Å². The van der Waals surface area contributed by atoms with Gasteiger partial charge in [-0.1, -0.05) is 13.8 Å². The Morgan fingerprint density at radius 1 is 1.30 bits per heavy atom. The molecule has 3 N–H and O–H groups in total. The lowest BCUT2D eigenvalue weighted by atomic mass is 9.86. The van der Waals surface area contributed by atoms with Gasteiger partial charge in [-0.3, -0.25) is 4.79 Å². The normalized spacial score (nSPS) is 19.7. The first-order chi connectivity index (χ1) is 9.45. The van der Waals surface area contributed by atoms with Crippen LogP contribution in [-0.4, -0.2) is 66.6 Å². The molecule has 1 fully saturated rings. The maximum Gasteiger partial charge on any atom is 0.237 e. The Morgan fingerprint density at radius 3 is 2.25 bits per heavy atom. The molecule has 0 bridgehead atoms. The molecule has 20 heavy (non-hydrogen) atoms. The van der Waals surface area contributed by atoms with Crippen LogP contribution in [0.5, 0.6) is 0 Å². The summed E-state index contributed by atoms with van der Waals surface area (Å²) in [5, 5.41) is 3.45. The molecule has 0 unspecified atom stereocenters. The highest BCUT2D eigenvalue weighted by Crippen LogP contribution is 2.23. The molecular formula is C15H32N4O. The van der Waals surface area contributed by atoms with Crippen molar-refractivity contribution in [3.05, 3.63) is 0 Å². The van der Waals surface area contributed by atoms with Gasteiger partial charge >= 0.3 is 0 Å². The summed E-state index contributed by atoms with van der Waals surface area (Å²) in [7, 11) is 0. The summed E-state index contributed by atoms with van der Waals surface area (Å²) < 4.78 is 0. The van der Waals surface area contributed by atoms with E-state index in [2.05, 4.69) is 42.8 Å². The van der Waals surface area contributed by atoms with Gasteiger partial charge in [0.15, 0.2) is 0 Å². The molecule has 0 atom stereocenters. The fourth-order valence-electron chi connectivity index (χ4n) is 2.93. The van der Waals surface area contributed by atoms with Gasteiger partial charge in [-0.2, -0.15) is 0 Å². The van der Waals surface area contributed by atoms with Crippen LogP contribution in [0.2, 0.25) is 0 Å². The number of nitrogens with one attached hydrogen (secondary N) is 1. The molecule has 0 radical (unpaired) electrons. The first kappa shape index (κ1) is 17.4. The summed E-state index contributed by atoms with van der Waals surface area (Å²) in [5.74, 6) is -0.194. The number of amides is 1. The minimum atomic E-state index is -0.501. The highest BCUT2D eigenvalue weighted by atomic mass is 16.1. The lowest BCUT2D eigenvalue weighted by Gasteiger charge is -2.42. The lowest BCUT2D eigenvalue weighted by molar-refractivity contribution is -0.126. The predicted octanol–water partition coefficient (Wildman–Crippen LogP) is 0.646. The molecule has 5 heteroatoms. The summed E-state index contributed by atoms with van der Waals surface area (Å²) >= 11 is 0. The van der Waals surface area contributed by atoms with Gasteiger partial charge in [0, 0.05) is 32.2 Å². The Kier molecular flexibility index (Phi) is 6.92. The fraction of sp³-hybridized carbons (Fsp3) is 0.933. The summed E-state index contributed by atoms with van der Waals surface area (Å²) in [6.07, 6.45) is 1.64. The van der Waals surface area contributed by atoms with Crippen molar-refractivity contribution in [2.75, 3.05) is 39.3 Å². The van der Waals surface area contributed by atoms with Crippen LogP contribution in [0.3, 0.4) is 0 Å². The van der Waals surface area contributed by atoms with E-state index < -0.39 is 5.54 Å². The molecule has 5 nitrogen and oxygen atoms in total. The van der Waals surface area contributed by atoms with Crippen molar-refractivity contribution in [3.63, 3.8) is 0 Å². The molecule has 1 aliphatic rings. The van der Waals surface area contributed by atoms with Crippen LogP contribution in [-0.2, 0) is 4.79 Å². The number of primary amides is 1. The summed E-state index contributed by atoms with van der Waals surface area (Å²) in [4.78, 5) is 16.7. The Bertz CT molecular complexity index is 294. The standard InChI is InChI=1S/C15H32N4O/c1-5-18(6-2)12-9-17-15(14(16)20)7-10-19(11-8-15)13(3)4/h13,17H,5-12H2,1-4H3,(H2,16,20). The van der Waals surface area contributed by atoms with E-state index in [0.29, 0.717) is 6.04 Å². The molecule has 1 saturated heterocycles. The number of hydrogen-bond acceptors (Lipinski definition) is 4. The third-order valence-electron chi connectivity index (χ3n) is 4.64. The molecule has 0 saturated carbocycles. The zero-order chi connectivity index (χ0) is 15.2. The molecule has 1 heterocycles. The van der Waals surface area contributed by atoms with Gasteiger partial charge in [0.2, 0.25) is 5.91 Å². The molecule has 0 aromatic carbocycles. The maximum absolute atomic E-state index is 11.9. The molecule has 0 spiro atoms. The number of likely N-dealkylation sites (tertiary alicyclic amines) is 1. The van der Waals surface area contributed by atoms with E-state index in [4.69, 9.17) is 5.73 Å². The first-order valence-corrected chi connectivity index (χ1v) is 7.96. The van der Waals surface area contributed by atoms with E-state index in [1.165, 1.54) is 0 Å². The van der Waals surface area contributed by atoms with Crippen molar-refractivity contribution in [2.24, 2.45) is 5.73 Å². The molecule has 0 aromatic rings. The third kappa shape index (κ3) is 4.43. The van der Waals surface area contributed by atoms with Crippen LogP contribution in [0.4, 0.5) is 0 Å². The topological polar surface area (TPSA) is 61.6 Å².